The number of fused-ring (bicyclic) bond motifs is 1. The van der Waals surface area contributed by atoms with E-state index in [-0.39, 0.29) is 30.5 Å². The van der Waals surface area contributed by atoms with Gasteiger partial charge in [-0.3, -0.25) is 4.79 Å². The monoisotopic (exact) mass is 722 g/mol. The van der Waals surface area contributed by atoms with Crippen molar-refractivity contribution in [1.82, 2.24) is 25.3 Å². The van der Waals surface area contributed by atoms with Gasteiger partial charge in [-0.05, 0) is 66.4 Å². The number of carboxylic acid groups (broad SMARTS) is 1. The number of halogens is 4. The number of ether oxygens (including phenoxy) is 2. The molecule has 1 unspecified atom stereocenters. The molecule has 0 amide bonds. The highest BCUT2D eigenvalue weighted by molar-refractivity contribution is 7.91. The van der Waals surface area contributed by atoms with E-state index in [9.17, 15) is 35.9 Å². The van der Waals surface area contributed by atoms with Crippen molar-refractivity contribution in [3.05, 3.63) is 95.3 Å². The molecule has 2 aromatic heterocycles. The summed E-state index contributed by atoms with van der Waals surface area (Å²) in [7, 11) is -3.95. The van der Waals surface area contributed by atoms with Gasteiger partial charge >= 0.3 is 12.1 Å². The maximum atomic E-state index is 13.0. The maximum Gasteiger partial charge on any atom is 0.416 e. The smallest absolute Gasteiger partial charge is 0.416 e. The van der Waals surface area contributed by atoms with Gasteiger partial charge in [-0.15, -0.1) is 16.4 Å². The number of sulfonamides is 1. The second-order valence-electron chi connectivity index (χ2n) is 10.9. The van der Waals surface area contributed by atoms with Crippen LogP contribution in [0.15, 0.2) is 77.3 Å². The SMILES string of the molecule is NS(=O)(=O)c1nc2ccc(OCc3cn([C@H](CNC(Cc4ccc(C(F)(F)F)cc4)C(=O)O)Cc4ccc(OCCF)cc4)nn3)cc2s1. The Hall–Kier alpha value is -4.65. The van der Waals surface area contributed by atoms with Gasteiger partial charge in [0.15, 0.2) is 0 Å². The lowest BCUT2D eigenvalue weighted by Crippen LogP contribution is -2.42. The van der Waals surface area contributed by atoms with E-state index in [1.807, 2.05) is 0 Å². The molecule has 0 saturated carbocycles. The van der Waals surface area contributed by atoms with Crippen LogP contribution < -0.4 is 19.9 Å². The van der Waals surface area contributed by atoms with E-state index in [1.54, 1.807) is 53.3 Å². The number of aliphatic carboxylic acids is 1. The molecule has 18 heteroatoms. The summed E-state index contributed by atoms with van der Waals surface area (Å²) in [5.74, 6) is -0.279. The molecule has 0 aliphatic heterocycles. The number of benzene rings is 3. The first kappa shape index (κ1) is 35.7. The number of carboxylic acids is 1. The van der Waals surface area contributed by atoms with E-state index in [2.05, 4.69) is 20.6 Å². The first-order chi connectivity index (χ1) is 23.3. The zero-order valence-corrected chi connectivity index (χ0v) is 27.1. The van der Waals surface area contributed by atoms with Gasteiger partial charge in [0.25, 0.3) is 10.0 Å². The molecule has 0 aliphatic carbocycles. The Morgan fingerprint density at radius 1 is 1.00 bits per heavy atom. The third kappa shape index (κ3) is 9.71. The fraction of sp³-hybridized carbons (Fsp3) is 0.290. The number of primary sulfonamides is 1. The fourth-order valence-electron chi connectivity index (χ4n) is 4.81. The van der Waals surface area contributed by atoms with E-state index in [1.165, 1.54) is 12.1 Å². The molecule has 0 fully saturated rings. The highest BCUT2D eigenvalue weighted by Gasteiger charge is 2.30. The van der Waals surface area contributed by atoms with Crippen LogP contribution in [-0.4, -0.2) is 65.3 Å². The predicted molar refractivity (Wildman–Crippen MR) is 171 cm³/mol. The number of nitrogens with two attached hydrogens (primary N) is 1. The number of hydrogen-bond donors (Lipinski definition) is 3. The fourth-order valence-corrected chi connectivity index (χ4v) is 6.50. The molecule has 12 nitrogen and oxygen atoms in total. The van der Waals surface area contributed by atoms with Gasteiger partial charge in [-0.2, -0.15) is 13.2 Å². The number of alkyl halides is 4. The molecule has 0 saturated heterocycles. The summed E-state index contributed by atoms with van der Waals surface area (Å²) in [5.41, 5.74) is 1.30. The van der Waals surface area contributed by atoms with Crippen molar-refractivity contribution in [3.8, 4) is 11.5 Å². The molecular weight excluding hydrogens is 693 g/mol. The molecule has 5 aromatic rings. The van der Waals surface area contributed by atoms with Crippen molar-refractivity contribution < 1.29 is 45.4 Å². The third-order valence-corrected chi connectivity index (χ3v) is 9.60. The molecule has 0 spiro atoms. The first-order valence-corrected chi connectivity index (χ1v) is 17.0. The summed E-state index contributed by atoms with van der Waals surface area (Å²) in [4.78, 5) is 16.2. The van der Waals surface area contributed by atoms with Crippen molar-refractivity contribution in [2.45, 2.75) is 42.0 Å². The van der Waals surface area contributed by atoms with Gasteiger partial charge in [-0.1, -0.05) is 29.5 Å². The minimum atomic E-state index is -4.51. The number of carbonyl (C=O) groups is 1. The highest BCUT2D eigenvalue weighted by atomic mass is 32.2. The lowest BCUT2D eigenvalue weighted by atomic mass is 10.0. The highest BCUT2D eigenvalue weighted by Crippen LogP contribution is 2.30. The van der Waals surface area contributed by atoms with Crippen molar-refractivity contribution in [2.24, 2.45) is 5.14 Å². The van der Waals surface area contributed by atoms with Gasteiger partial charge in [0, 0.05) is 6.54 Å². The standard InChI is InChI=1S/C31H30F4N6O6S2/c32-11-12-46-24-7-3-19(4-8-24)13-23(16-37-27(29(42)43)14-20-1-5-21(6-2-20)31(33,34)35)41-17-22(39-40-41)18-47-25-9-10-26-28(15-25)48-30(38-26)49(36,44)45/h1-10,15,17,23,27,37H,11-14,16,18H2,(H,42,43)(H2,36,44,45)/t23-,27?/m0/s1. The molecule has 0 radical (unpaired) electrons. The number of hydrogen-bond acceptors (Lipinski definition) is 10. The Morgan fingerprint density at radius 2 is 1.67 bits per heavy atom. The minimum absolute atomic E-state index is 0.00121. The van der Waals surface area contributed by atoms with E-state index >= 15 is 0 Å². The molecule has 2 atom stereocenters. The van der Waals surface area contributed by atoms with Crippen LogP contribution >= 0.6 is 11.3 Å². The molecule has 3 aromatic carbocycles. The first-order valence-electron chi connectivity index (χ1n) is 14.7. The van der Waals surface area contributed by atoms with Gasteiger partial charge in [0.05, 0.1) is 28.0 Å². The van der Waals surface area contributed by atoms with Crippen LogP contribution in [0.4, 0.5) is 17.6 Å². The normalized spacial score (nSPS) is 13.3. The topological polar surface area (TPSA) is 172 Å². The molecule has 2 heterocycles. The second kappa shape index (κ2) is 15.3. The second-order valence-corrected chi connectivity index (χ2v) is 13.6. The number of rotatable bonds is 16. The van der Waals surface area contributed by atoms with Crippen LogP contribution in [0.5, 0.6) is 11.5 Å². The third-order valence-electron chi connectivity index (χ3n) is 7.26. The summed E-state index contributed by atoms with van der Waals surface area (Å²) in [6.07, 6.45) is -2.58. The molecule has 49 heavy (non-hydrogen) atoms. The summed E-state index contributed by atoms with van der Waals surface area (Å²) in [6.45, 7) is -0.626. The summed E-state index contributed by atoms with van der Waals surface area (Å²) >= 11 is 0.911. The molecular formula is C31H30F4N6O6S2. The van der Waals surface area contributed by atoms with E-state index in [4.69, 9.17) is 14.6 Å². The lowest BCUT2D eigenvalue weighted by Gasteiger charge is -2.21. The van der Waals surface area contributed by atoms with E-state index in [0.717, 1.165) is 29.0 Å². The number of nitrogens with one attached hydrogen (secondary N) is 1. The largest absolute Gasteiger partial charge is 0.491 e. The summed E-state index contributed by atoms with van der Waals surface area (Å²) in [5, 5.41) is 26.5. The van der Waals surface area contributed by atoms with Crippen LogP contribution in [0.2, 0.25) is 0 Å². The van der Waals surface area contributed by atoms with E-state index in [0.29, 0.717) is 39.4 Å². The number of nitrogens with zero attached hydrogens (tertiary/aromatic N) is 4. The van der Waals surface area contributed by atoms with Gasteiger partial charge in [0.1, 0.15) is 43.1 Å². The van der Waals surface area contributed by atoms with Crippen molar-refractivity contribution in [2.75, 3.05) is 19.8 Å². The summed E-state index contributed by atoms with van der Waals surface area (Å²) < 4.78 is 87.9. The van der Waals surface area contributed by atoms with Crippen molar-refractivity contribution in [1.29, 1.82) is 0 Å². The van der Waals surface area contributed by atoms with Crippen molar-refractivity contribution in [3.63, 3.8) is 0 Å². The molecule has 0 aliphatic rings. The zero-order valence-electron chi connectivity index (χ0n) is 25.5. The Kier molecular flexibility index (Phi) is 11.1. The zero-order chi connectivity index (χ0) is 35.2. The Morgan fingerprint density at radius 3 is 2.33 bits per heavy atom. The quantitative estimate of drug-likeness (QED) is 0.123. The molecule has 260 valence electrons. The Bertz CT molecular complexity index is 1990. The minimum Gasteiger partial charge on any atom is -0.491 e. The predicted octanol–water partition coefficient (Wildman–Crippen LogP) is 4.55. The van der Waals surface area contributed by atoms with Gasteiger partial charge < -0.3 is 19.9 Å². The maximum absolute atomic E-state index is 13.0. The molecule has 5 rings (SSSR count). The summed E-state index contributed by atoms with van der Waals surface area (Å²) in [6, 6.07) is 14.5. The number of thiazole rings is 1. The lowest BCUT2D eigenvalue weighted by molar-refractivity contribution is -0.140. The van der Waals surface area contributed by atoms with Gasteiger partial charge in [0.2, 0.25) is 4.34 Å². The average Bonchev–Trinajstić information content (AvgIpc) is 3.72. The van der Waals surface area contributed by atoms with Crippen LogP contribution in [0.25, 0.3) is 10.2 Å². The van der Waals surface area contributed by atoms with Crippen molar-refractivity contribution >= 4 is 37.5 Å². The molecule has 0 bridgehead atoms. The van der Waals surface area contributed by atoms with Gasteiger partial charge in [-0.25, -0.2) is 27.6 Å². The van der Waals surface area contributed by atoms with Crippen LogP contribution in [-0.2, 0) is 40.4 Å². The molecule has 4 N–H and O–H groups in total. The number of aromatic nitrogens is 4. The van der Waals surface area contributed by atoms with Crippen LogP contribution in [0, 0.1) is 0 Å². The van der Waals surface area contributed by atoms with E-state index < -0.39 is 46.5 Å². The Balaban J connectivity index is 1.30. The van der Waals surface area contributed by atoms with Crippen LogP contribution in [0.3, 0.4) is 0 Å². The Labute approximate surface area is 281 Å². The van der Waals surface area contributed by atoms with Crippen LogP contribution in [0.1, 0.15) is 28.4 Å². The average molecular weight is 723 g/mol.